The van der Waals surface area contributed by atoms with E-state index >= 15 is 0 Å². The summed E-state index contributed by atoms with van der Waals surface area (Å²) in [6.07, 6.45) is 9.89. The Balaban J connectivity index is 2.42. The normalized spacial score (nSPS) is 10.7. The van der Waals surface area contributed by atoms with Gasteiger partial charge in [-0.15, -0.1) is 0 Å². The summed E-state index contributed by atoms with van der Waals surface area (Å²) in [6, 6.07) is 4.17. The Morgan fingerprint density at radius 3 is 1.73 bits per heavy atom. The van der Waals surface area contributed by atoms with Gasteiger partial charge in [-0.1, -0.05) is 52.4 Å². The van der Waals surface area contributed by atoms with E-state index in [1.807, 2.05) is 0 Å². The predicted molar refractivity (Wildman–Crippen MR) is 111 cm³/mol. The molecule has 1 aromatic carbocycles. The molecule has 0 heterocycles. The van der Waals surface area contributed by atoms with Crippen LogP contribution in [0.3, 0.4) is 0 Å². The summed E-state index contributed by atoms with van der Waals surface area (Å²) in [4.78, 5) is 0. The number of hydrogen-bond donors (Lipinski definition) is 0. The zero-order chi connectivity index (χ0) is 16.2. The largest absolute Gasteiger partial charge is 0.494 e. The van der Waals surface area contributed by atoms with Crippen LogP contribution < -0.4 is 9.47 Å². The number of unbranched alkanes of at least 4 members (excludes halogenated alkanes) is 6. The Kier molecular flexibility index (Phi) is 11.7. The summed E-state index contributed by atoms with van der Waals surface area (Å²) in [7, 11) is 0. The maximum Gasteiger partial charge on any atom is 0.146 e. The molecule has 0 amide bonds. The van der Waals surface area contributed by atoms with E-state index in [4.69, 9.17) is 9.47 Å². The second-order valence-corrected chi connectivity index (χ2v) is 7.86. The van der Waals surface area contributed by atoms with Crippen molar-refractivity contribution in [1.29, 1.82) is 0 Å². The van der Waals surface area contributed by atoms with E-state index in [0.717, 1.165) is 44.7 Å². The minimum atomic E-state index is 0.809. The fraction of sp³-hybridized carbons (Fsp3) is 0.667. The van der Waals surface area contributed by atoms with Crippen LogP contribution in [0.5, 0.6) is 11.5 Å². The van der Waals surface area contributed by atoms with E-state index in [9.17, 15) is 0 Å². The molecule has 0 aliphatic carbocycles. The highest BCUT2D eigenvalue weighted by Crippen LogP contribution is 2.32. The van der Waals surface area contributed by atoms with E-state index in [-0.39, 0.29) is 0 Å². The standard InChI is InChI=1S/C18H28I2O2/c1-3-5-7-9-11-21-15-13-16(19)18(17(20)14-15)22-12-10-8-6-4-2/h13-14H,3-12H2,1-2H3. The molecule has 22 heavy (non-hydrogen) atoms. The first-order valence-electron chi connectivity index (χ1n) is 8.43. The molecule has 1 aromatic rings. The fourth-order valence-corrected chi connectivity index (χ4v) is 4.20. The van der Waals surface area contributed by atoms with Crippen LogP contribution in [-0.2, 0) is 0 Å². The molecule has 126 valence electrons. The van der Waals surface area contributed by atoms with Gasteiger partial charge >= 0.3 is 0 Å². The minimum absolute atomic E-state index is 0.809. The van der Waals surface area contributed by atoms with Gasteiger partial charge in [-0.2, -0.15) is 0 Å². The molecular weight excluding hydrogens is 502 g/mol. The summed E-state index contributed by atoms with van der Waals surface area (Å²) in [5.74, 6) is 1.97. The molecule has 0 fully saturated rings. The quantitative estimate of drug-likeness (QED) is 0.218. The molecule has 0 N–H and O–H groups in total. The van der Waals surface area contributed by atoms with Gasteiger partial charge in [0.25, 0.3) is 0 Å². The van der Waals surface area contributed by atoms with Gasteiger partial charge < -0.3 is 9.47 Å². The summed E-state index contributed by atoms with van der Waals surface area (Å²) < 4.78 is 14.1. The van der Waals surface area contributed by atoms with E-state index < -0.39 is 0 Å². The molecule has 0 aliphatic heterocycles. The van der Waals surface area contributed by atoms with Crippen LogP contribution in [0.1, 0.15) is 65.2 Å². The van der Waals surface area contributed by atoms with E-state index in [1.165, 1.54) is 38.5 Å². The Bertz CT molecular complexity index is 399. The van der Waals surface area contributed by atoms with Gasteiger partial charge in [-0.05, 0) is 70.2 Å². The van der Waals surface area contributed by atoms with E-state index in [2.05, 4.69) is 71.2 Å². The van der Waals surface area contributed by atoms with Gasteiger partial charge in [-0.25, -0.2) is 0 Å². The van der Waals surface area contributed by atoms with Crippen LogP contribution in [0.4, 0.5) is 0 Å². The molecule has 0 radical (unpaired) electrons. The van der Waals surface area contributed by atoms with Crippen molar-refractivity contribution in [3.63, 3.8) is 0 Å². The summed E-state index contributed by atoms with van der Waals surface area (Å²) in [6.45, 7) is 6.08. The first-order valence-corrected chi connectivity index (χ1v) is 10.6. The Labute approximate surface area is 163 Å². The van der Waals surface area contributed by atoms with Crippen LogP contribution in [-0.4, -0.2) is 13.2 Å². The van der Waals surface area contributed by atoms with Crippen LogP contribution in [0, 0.1) is 7.14 Å². The Morgan fingerprint density at radius 2 is 1.23 bits per heavy atom. The molecule has 0 saturated carbocycles. The molecule has 0 spiro atoms. The smallest absolute Gasteiger partial charge is 0.146 e. The molecule has 0 atom stereocenters. The van der Waals surface area contributed by atoms with Crippen molar-refractivity contribution in [3.05, 3.63) is 19.3 Å². The zero-order valence-electron chi connectivity index (χ0n) is 13.8. The monoisotopic (exact) mass is 530 g/mol. The van der Waals surface area contributed by atoms with Crippen molar-refractivity contribution in [2.45, 2.75) is 65.2 Å². The number of rotatable bonds is 12. The van der Waals surface area contributed by atoms with Crippen molar-refractivity contribution < 1.29 is 9.47 Å². The maximum absolute atomic E-state index is 5.96. The zero-order valence-corrected chi connectivity index (χ0v) is 18.1. The lowest BCUT2D eigenvalue weighted by atomic mass is 10.2. The topological polar surface area (TPSA) is 18.5 Å². The SMILES string of the molecule is CCCCCCOc1cc(I)c(OCCCCCC)c(I)c1. The highest BCUT2D eigenvalue weighted by Gasteiger charge is 2.09. The van der Waals surface area contributed by atoms with Crippen molar-refractivity contribution in [2.24, 2.45) is 0 Å². The van der Waals surface area contributed by atoms with Crippen LogP contribution in [0.25, 0.3) is 0 Å². The third-order valence-electron chi connectivity index (χ3n) is 3.48. The van der Waals surface area contributed by atoms with Gasteiger partial charge in [-0.3, -0.25) is 0 Å². The molecule has 4 heteroatoms. The lowest BCUT2D eigenvalue weighted by Crippen LogP contribution is -2.03. The lowest BCUT2D eigenvalue weighted by Gasteiger charge is -2.13. The molecule has 0 bridgehead atoms. The summed E-state index contributed by atoms with van der Waals surface area (Å²) >= 11 is 4.69. The average Bonchev–Trinajstić information content (AvgIpc) is 2.49. The van der Waals surface area contributed by atoms with Crippen molar-refractivity contribution in [2.75, 3.05) is 13.2 Å². The fourth-order valence-electron chi connectivity index (χ4n) is 2.18. The highest BCUT2D eigenvalue weighted by molar-refractivity contribution is 14.1. The Hall–Kier alpha value is 0.280. The number of hydrogen-bond acceptors (Lipinski definition) is 2. The maximum atomic E-state index is 5.96. The third kappa shape index (κ3) is 8.22. The number of halogens is 2. The highest BCUT2D eigenvalue weighted by atomic mass is 127. The number of ether oxygens (including phenoxy) is 2. The molecule has 0 aromatic heterocycles. The summed E-state index contributed by atoms with van der Waals surface area (Å²) in [5, 5.41) is 0. The first kappa shape index (κ1) is 20.3. The minimum Gasteiger partial charge on any atom is -0.494 e. The van der Waals surface area contributed by atoms with Crippen molar-refractivity contribution >= 4 is 45.2 Å². The van der Waals surface area contributed by atoms with Crippen molar-refractivity contribution in [3.8, 4) is 11.5 Å². The molecule has 0 aliphatic rings. The molecular formula is C18H28I2O2. The van der Waals surface area contributed by atoms with E-state index in [1.54, 1.807) is 0 Å². The second kappa shape index (κ2) is 12.7. The van der Waals surface area contributed by atoms with Gasteiger partial charge in [0.2, 0.25) is 0 Å². The number of benzene rings is 1. The third-order valence-corrected chi connectivity index (χ3v) is 5.09. The second-order valence-electron chi connectivity index (χ2n) is 5.53. The molecule has 1 rings (SSSR count). The lowest BCUT2D eigenvalue weighted by molar-refractivity contribution is 0.293. The average molecular weight is 530 g/mol. The summed E-state index contributed by atoms with van der Waals surface area (Å²) in [5.41, 5.74) is 0. The van der Waals surface area contributed by atoms with Crippen LogP contribution in [0.2, 0.25) is 0 Å². The molecule has 0 saturated heterocycles. The van der Waals surface area contributed by atoms with E-state index in [0.29, 0.717) is 0 Å². The van der Waals surface area contributed by atoms with Crippen LogP contribution >= 0.6 is 45.2 Å². The van der Waals surface area contributed by atoms with Gasteiger partial charge in [0.1, 0.15) is 11.5 Å². The van der Waals surface area contributed by atoms with Gasteiger partial charge in [0.15, 0.2) is 0 Å². The first-order chi connectivity index (χ1) is 10.7. The molecule has 0 unspecified atom stereocenters. The Morgan fingerprint density at radius 1 is 0.727 bits per heavy atom. The van der Waals surface area contributed by atoms with Gasteiger partial charge in [0.05, 0.1) is 20.4 Å². The van der Waals surface area contributed by atoms with Gasteiger partial charge in [0, 0.05) is 0 Å². The van der Waals surface area contributed by atoms with Crippen molar-refractivity contribution in [1.82, 2.24) is 0 Å². The molecule has 2 nitrogen and oxygen atoms in total. The predicted octanol–water partition coefficient (Wildman–Crippen LogP) is 6.81. The van der Waals surface area contributed by atoms with Crippen LogP contribution in [0.15, 0.2) is 12.1 Å².